The monoisotopic (exact) mass is 867 g/mol. The van der Waals surface area contributed by atoms with Crippen molar-refractivity contribution in [1.29, 1.82) is 0 Å². The van der Waals surface area contributed by atoms with Crippen molar-refractivity contribution >= 4 is 57.2 Å². The summed E-state index contributed by atoms with van der Waals surface area (Å²) >= 11 is 5.83. The van der Waals surface area contributed by atoms with Gasteiger partial charge in [0.05, 0.1) is 40.9 Å². The summed E-state index contributed by atoms with van der Waals surface area (Å²) in [6.45, 7) is 6.76. The van der Waals surface area contributed by atoms with E-state index < -0.39 is 74.1 Å². The minimum absolute atomic E-state index is 0.0390. The van der Waals surface area contributed by atoms with Crippen LogP contribution in [0.3, 0.4) is 0 Å². The molecule has 1 unspecified atom stereocenters. The second kappa shape index (κ2) is 19.4. The third-order valence-corrected chi connectivity index (χ3v) is 9.17. The number of amides is 2. The van der Waals surface area contributed by atoms with E-state index in [2.05, 4.69) is 15.3 Å². The lowest BCUT2D eigenvalue weighted by atomic mass is 10.1. The molecule has 1 atom stereocenters. The Morgan fingerprint density at radius 1 is 0.983 bits per heavy atom. The molecule has 23 heteroatoms. The number of alkyl halides is 3. The Hall–Kier alpha value is -6.39. The number of sulfonamides is 1. The maximum atomic E-state index is 12.8. The van der Waals surface area contributed by atoms with Gasteiger partial charge in [0.2, 0.25) is 5.95 Å². The van der Waals surface area contributed by atoms with E-state index in [-0.39, 0.29) is 52.7 Å². The molecule has 1 saturated heterocycles. The zero-order chi connectivity index (χ0) is 43.7. The van der Waals surface area contributed by atoms with Gasteiger partial charge in [-0.3, -0.25) is 15.4 Å². The lowest BCUT2D eigenvalue weighted by molar-refractivity contribution is -0.385. The van der Waals surface area contributed by atoms with Crippen molar-refractivity contribution in [3.63, 3.8) is 0 Å². The fourth-order valence-corrected chi connectivity index (χ4v) is 6.10. The van der Waals surface area contributed by atoms with Crippen molar-refractivity contribution in [1.82, 2.24) is 14.7 Å². The average Bonchev–Trinajstić information content (AvgIpc) is 3.13. The van der Waals surface area contributed by atoms with Crippen LogP contribution >= 0.6 is 11.6 Å². The number of nitro benzene ring substituents is 1. The number of esters is 3. The quantitative estimate of drug-likeness (QED) is 0.0684. The highest BCUT2D eigenvalue weighted by Crippen LogP contribution is 2.37. The Labute approximate surface area is 338 Å². The number of carbonyl (C=O) groups is 4. The van der Waals surface area contributed by atoms with Gasteiger partial charge in [0.25, 0.3) is 15.7 Å². The van der Waals surface area contributed by atoms with Crippen LogP contribution < -0.4 is 14.8 Å². The number of nitrogens with zero attached hydrogens (tertiary/aromatic N) is 3. The van der Waals surface area contributed by atoms with Gasteiger partial charge in [-0.15, -0.1) is 0 Å². The normalized spacial score (nSPS) is 13.0. The number of rotatable bonds is 12. The van der Waals surface area contributed by atoms with Crippen LogP contribution in [0.25, 0.3) is 0 Å². The average molecular weight is 868 g/mol. The third kappa shape index (κ3) is 12.5. The fraction of sp³-hybridized carbons (Fsp3) is 0.278. The first-order valence-corrected chi connectivity index (χ1v) is 18.8. The van der Waals surface area contributed by atoms with E-state index in [0.29, 0.717) is 17.5 Å². The smallest absolute Gasteiger partial charge is 0.416 e. The van der Waals surface area contributed by atoms with E-state index in [1.54, 1.807) is 26.8 Å². The van der Waals surface area contributed by atoms with E-state index >= 15 is 0 Å². The van der Waals surface area contributed by atoms with E-state index in [1.165, 1.54) is 31.2 Å². The molecular weight excluding hydrogens is 835 g/mol. The van der Waals surface area contributed by atoms with Crippen molar-refractivity contribution in [2.75, 3.05) is 25.1 Å². The molecule has 18 nitrogen and oxygen atoms in total. The number of nitro groups is 1. The topological polar surface area (TPSA) is 242 Å². The molecule has 1 aromatic heterocycles. The molecule has 2 heterocycles. The van der Waals surface area contributed by atoms with Crippen LogP contribution in [0.2, 0.25) is 5.02 Å². The second-order valence-electron chi connectivity index (χ2n) is 12.1. The number of urea groups is 1. The number of hydrogen-bond donors (Lipinski definition) is 2. The molecule has 5 rings (SSSR count). The summed E-state index contributed by atoms with van der Waals surface area (Å²) in [5.74, 6) is -3.21. The summed E-state index contributed by atoms with van der Waals surface area (Å²) < 4.78 is 90.4. The van der Waals surface area contributed by atoms with E-state index in [9.17, 15) is 50.9 Å². The van der Waals surface area contributed by atoms with Gasteiger partial charge in [-0.25, -0.2) is 42.3 Å². The van der Waals surface area contributed by atoms with Gasteiger partial charge in [-0.2, -0.15) is 13.2 Å². The largest absolute Gasteiger partial charge is 0.463 e. The summed E-state index contributed by atoms with van der Waals surface area (Å²) in [5.41, 5.74) is -1.13. The van der Waals surface area contributed by atoms with Crippen molar-refractivity contribution in [2.24, 2.45) is 0 Å². The number of carbonyl (C=O) groups excluding carboxylic acids is 4. The zero-order valence-electron chi connectivity index (χ0n) is 31.2. The van der Waals surface area contributed by atoms with E-state index in [1.807, 2.05) is 4.72 Å². The van der Waals surface area contributed by atoms with Crippen molar-refractivity contribution < 1.29 is 69.4 Å². The van der Waals surface area contributed by atoms with Crippen LogP contribution in [0.1, 0.15) is 51.5 Å². The molecule has 1 aliphatic heterocycles. The predicted molar refractivity (Wildman–Crippen MR) is 198 cm³/mol. The Morgan fingerprint density at radius 2 is 1.64 bits per heavy atom. The van der Waals surface area contributed by atoms with Crippen LogP contribution in [0.4, 0.5) is 29.6 Å². The molecule has 0 bridgehead atoms. The first kappa shape index (κ1) is 45.3. The Bertz CT molecular complexity index is 2340. The van der Waals surface area contributed by atoms with Crippen molar-refractivity contribution in [3.05, 3.63) is 110 Å². The van der Waals surface area contributed by atoms with Crippen LogP contribution in [-0.2, 0) is 39.9 Å². The molecule has 1 aliphatic rings. The number of nitrogens with one attached hydrogen (secondary N) is 2. The van der Waals surface area contributed by atoms with E-state index in [4.69, 9.17) is 35.3 Å². The summed E-state index contributed by atoms with van der Waals surface area (Å²) in [4.78, 5) is 66.4. The Kier molecular flexibility index (Phi) is 14.9. The summed E-state index contributed by atoms with van der Waals surface area (Å²) in [6, 6.07) is 11.5. The fourth-order valence-electron chi connectivity index (χ4n) is 4.77. The van der Waals surface area contributed by atoms with Crippen LogP contribution in [-0.4, -0.2) is 79.3 Å². The molecular formula is C36H33ClF3N5O13S. The zero-order valence-corrected chi connectivity index (χ0v) is 32.8. The molecule has 4 aromatic rings. The highest BCUT2D eigenvalue weighted by Gasteiger charge is 2.32. The predicted octanol–water partition coefficient (Wildman–Crippen LogP) is 6.33. The van der Waals surface area contributed by atoms with Gasteiger partial charge in [0.1, 0.15) is 28.1 Å². The van der Waals surface area contributed by atoms with Gasteiger partial charge in [-0.05, 0) is 70.2 Å². The molecule has 0 saturated carbocycles. The first-order valence-electron chi connectivity index (χ1n) is 16.9. The second-order valence-corrected chi connectivity index (χ2v) is 14.1. The van der Waals surface area contributed by atoms with Gasteiger partial charge >= 0.3 is 30.1 Å². The summed E-state index contributed by atoms with van der Waals surface area (Å²) in [6.07, 6.45) is -6.36. The summed E-state index contributed by atoms with van der Waals surface area (Å²) in [5, 5.41) is 13.1. The first-order chi connectivity index (χ1) is 27.7. The number of hydrogen-bond acceptors (Lipinski definition) is 15. The molecule has 59 heavy (non-hydrogen) atoms. The van der Waals surface area contributed by atoms with Crippen LogP contribution in [0.15, 0.2) is 71.6 Å². The molecule has 0 aliphatic carbocycles. The molecule has 2 amide bonds. The lowest BCUT2D eigenvalue weighted by Gasteiger charge is -2.25. The van der Waals surface area contributed by atoms with Crippen molar-refractivity contribution in [2.45, 2.75) is 51.0 Å². The maximum Gasteiger partial charge on any atom is 0.416 e. The molecule has 2 N–H and O–H groups in total. The Balaban J connectivity index is 0.000000262. The third-order valence-electron chi connectivity index (χ3n) is 7.49. The maximum absolute atomic E-state index is 12.8. The standard InChI is InChI=1S/C19H15ClF3NO7.C17H18N4O6S/c1-3-29-17(25)10(2)30-18(26)13-9-12(5-6-15(13)24(27)28)31-16-7-4-11(8-14(16)20)19(21,22)23;1-10-7-11(2)19-16(18-10)20-17(23)21-28(24,25)14-6-4-3-5-13(14)15(22)27-12-8-26-9-12/h4-10H,3H2,1-2H3;3-7,12H,8-9H2,1-2H3,(H2,18,19,20,21,23). The van der Waals surface area contributed by atoms with Crippen LogP contribution in [0.5, 0.6) is 11.5 Å². The molecule has 0 radical (unpaired) electrons. The van der Waals surface area contributed by atoms with Gasteiger partial charge in [0.15, 0.2) is 6.10 Å². The van der Waals surface area contributed by atoms with Gasteiger partial charge in [0, 0.05) is 23.5 Å². The molecule has 3 aromatic carbocycles. The van der Waals surface area contributed by atoms with Crippen molar-refractivity contribution in [3.8, 4) is 11.5 Å². The number of benzene rings is 3. The minimum Gasteiger partial charge on any atom is -0.463 e. The lowest BCUT2D eigenvalue weighted by Crippen LogP contribution is -2.39. The highest BCUT2D eigenvalue weighted by atomic mass is 35.5. The van der Waals surface area contributed by atoms with Gasteiger partial charge in [-0.1, -0.05) is 23.7 Å². The molecule has 314 valence electrons. The Morgan fingerprint density at radius 3 is 2.22 bits per heavy atom. The molecule has 0 spiro atoms. The highest BCUT2D eigenvalue weighted by molar-refractivity contribution is 7.90. The van der Waals surface area contributed by atoms with Crippen LogP contribution in [0, 0.1) is 24.0 Å². The number of anilines is 1. The summed E-state index contributed by atoms with van der Waals surface area (Å²) in [7, 11) is -4.35. The number of aryl methyl sites for hydroxylation is 2. The number of aromatic nitrogens is 2. The number of ether oxygens (including phenoxy) is 5. The SMILES string of the molecule is CCOC(=O)C(C)OC(=O)c1cc(Oc2ccc(C(F)(F)F)cc2Cl)ccc1[N+](=O)[O-].Cc1cc(C)nc(NC(=O)NS(=O)(=O)c2ccccc2C(=O)OC2COC2)n1. The molecule has 1 fully saturated rings. The van der Waals surface area contributed by atoms with E-state index in [0.717, 1.165) is 30.3 Å². The number of halogens is 4. The van der Waals surface area contributed by atoms with Gasteiger partial charge < -0.3 is 23.7 Å². The minimum atomic E-state index is -4.61.